The van der Waals surface area contributed by atoms with Crippen LogP contribution in [0.5, 0.6) is 0 Å². The fourth-order valence-corrected chi connectivity index (χ4v) is 7.94. The number of piperidine rings is 1. The van der Waals surface area contributed by atoms with Crippen LogP contribution in [0.15, 0.2) is 115 Å². The number of hydrogen-bond donors (Lipinski definition) is 2. The first-order valence-electron chi connectivity index (χ1n) is 12.9. The molecule has 4 aromatic carbocycles. The van der Waals surface area contributed by atoms with Crippen molar-refractivity contribution in [2.45, 2.75) is 28.8 Å². The minimum atomic E-state index is -1.74. The van der Waals surface area contributed by atoms with Crippen molar-refractivity contribution in [2.75, 3.05) is 0 Å². The summed E-state index contributed by atoms with van der Waals surface area (Å²) in [6.07, 6.45) is 0.465. The maximum Gasteiger partial charge on any atom is 0.308 e. The molecule has 1 saturated carbocycles. The molecule has 0 aromatic heterocycles. The van der Waals surface area contributed by atoms with Gasteiger partial charge in [-0.3, -0.25) is 19.7 Å². The molecule has 3 aliphatic rings. The summed E-state index contributed by atoms with van der Waals surface area (Å²) in [5, 5.41) is 14.4. The minimum Gasteiger partial charge on any atom is -0.481 e. The Kier molecular flexibility index (Phi) is 4.70. The molecule has 5 heteroatoms. The number of rotatable bonds is 5. The van der Waals surface area contributed by atoms with Crippen LogP contribution < -0.4 is 5.32 Å². The van der Waals surface area contributed by atoms with E-state index in [9.17, 15) is 19.5 Å². The van der Waals surface area contributed by atoms with E-state index >= 15 is 0 Å². The van der Waals surface area contributed by atoms with E-state index in [1.54, 1.807) is 24.3 Å². The number of benzene rings is 4. The topological polar surface area (TPSA) is 83.5 Å². The lowest BCUT2D eigenvalue weighted by Gasteiger charge is -2.34. The van der Waals surface area contributed by atoms with Crippen molar-refractivity contribution in [3.63, 3.8) is 0 Å². The van der Waals surface area contributed by atoms with Gasteiger partial charge < -0.3 is 5.11 Å². The summed E-state index contributed by atoms with van der Waals surface area (Å²) in [4.78, 5) is 42.3. The lowest BCUT2D eigenvalue weighted by atomic mass is 9.68. The number of aliphatic carboxylic acids is 1. The predicted molar refractivity (Wildman–Crippen MR) is 142 cm³/mol. The molecule has 186 valence electrons. The van der Waals surface area contributed by atoms with Gasteiger partial charge in [0.05, 0.1) is 11.3 Å². The average molecular weight is 500 g/mol. The summed E-state index contributed by atoms with van der Waals surface area (Å²) in [7, 11) is 0. The molecule has 2 fully saturated rings. The Morgan fingerprint density at radius 2 is 1.16 bits per heavy atom. The highest BCUT2D eigenvalue weighted by molar-refractivity contribution is 6.35. The van der Waals surface area contributed by atoms with Crippen LogP contribution in [0.3, 0.4) is 0 Å². The highest BCUT2D eigenvalue weighted by Gasteiger charge is 2.96. The zero-order valence-corrected chi connectivity index (χ0v) is 20.5. The van der Waals surface area contributed by atoms with E-state index in [1.807, 2.05) is 91.0 Å². The molecule has 5 nitrogen and oxygen atoms in total. The van der Waals surface area contributed by atoms with Gasteiger partial charge in [0.2, 0.25) is 0 Å². The monoisotopic (exact) mass is 499 g/mol. The summed E-state index contributed by atoms with van der Waals surface area (Å²) in [5.74, 6) is -2.69. The SMILES string of the molecule is O=C(O)[C@@H]1[C@@]2(c3ccccc3)[C@@H](Cc3ccccc3)NC3(C(=O)c4ccccc4C3=O)[C@@]12c1ccccc1. The largest absolute Gasteiger partial charge is 0.481 e. The Morgan fingerprint density at radius 1 is 0.684 bits per heavy atom. The van der Waals surface area contributed by atoms with Crippen molar-refractivity contribution in [3.05, 3.63) is 143 Å². The van der Waals surface area contributed by atoms with Crippen molar-refractivity contribution < 1.29 is 19.5 Å². The molecule has 38 heavy (non-hydrogen) atoms. The number of carboxylic acid groups (broad SMARTS) is 1. The van der Waals surface area contributed by atoms with Crippen LogP contribution in [0.4, 0.5) is 0 Å². The molecule has 1 aliphatic heterocycles. The molecule has 1 heterocycles. The van der Waals surface area contributed by atoms with Gasteiger partial charge in [0.1, 0.15) is 0 Å². The number of carbonyl (C=O) groups excluding carboxylic acids is 2. The van der Waals surface area contributed by atoms with Crippen LogP contribution >= 0.6 is 0 Å². The van der Waals surface area contributed by atoms with Crippen LogP contribution in [0.1, 0.15) is 37.4 Å². The van der Waals surface area contributed by atoms with Crippen molar-refractivity contribution in [1.29, 1.82) is 0 Å². The smallest absolute Gasteiger partial charge is 0.308 e. The molecule has 0 radical (unpaired) electrons. The van der Waals surface area contributed by atoms with E-state index < -0.39 is 34.3 Å². The van der Waals surface area contributed by atoms with Crippen molar-refractivity contribution in [3.8, 4) is 0 Å². The summed E-state index contributed by atoms with van der Waals surface area (Å²) in [6.45, 7) is 0. The third kappa shape index (κ3) is 2.47. The van der Waals surface area contributed by atoms with E-state index in [2.05, 4.69) is 5.32 Å². The number of carbonyl (C=O) groups is 3. The third-order valence-corrected chi connectivity index (χ3v) is 9.10. The minimum absolute atomic E-state index is 0.346. The molecule has 1 saturated heterocycles. The van der Waals surface area contributed by atoms with Gasteiger partial charge in [0.25, 0.3) is 0 Å². The third-order valence-electron chi connectivity index (χ3n) is 9.10. The molecule has 7 rings (SSSR count). The Labute approximate surface area is 220 Å². The van der Waals surface area contributed by atoms with Crippen LogP contribution in [-0.2, 0) is 22.0 Å². The number of hydrogen-bond acceptors (Lipinski definition) is 4. The van der Waals surface area contributed by atoms with E-state index in [0.29, 0.717) is 23.1 Å². The van der Waals surface area contributed by atoms with Crippen LogP contribution in [-0.4, -0.2) is 34.2 Å². The number of carboxylic acids is 1. The second kappa shape index (κ2) is 7.83. The van der Waals surface area contributed by atoms with Crippen LogP contribution in [0.2, 0.25) is 0 Å². The van der Waals surface area contributed by atoms with Crippen LogP contribution in [0, 0.1) is 5.92 Å². The Balaban J connectivity index is 1.58. The van der Waals surface area contributed by atoms with Gasteiger partial charge in [0.15, 0.2) is 17.1 Å². The Morgan fingerprint density at radius 3 is 1.68 bits per heavy atom. The molecule has 4 atom stereocenters. The molecule has 0 unspecified atom stereocenters. The standard InChI is InChI=1S/C33H25NO4/c35-28-24-18-10-11-19-25(24)29(36)33(28)32(23-16-8-3-9-17-23)27(30(37)38)31(32,22-14-6-2-7-15-22)26(34-33)20-21-12-4-1-5-13-21/h1-19,26-27,34H,20H2,(H,37,38)/t26-,27-,31-,32+/m1/s1. The maximum atomic E-state index is 14.5. The molecule has 2 N–H and O–H groups in total. The van der Waals surface area contributed by atoms with Gasteiger partial charge in [-0.2, -0.15) is 0 Å². The van der Waals surface area contributed by atoms with Crippen molar-refractivity contribution in [1.82, 2.24) is 5.32 Å². The highest BCUT2D eigenvalue weighted by Crippen LogP contribution is 2.80. The molecule has 2 aliphatic carbocycles. The van der Waals surface area contributed by atoms with E-state index in [4.69, 9.17) is 0 Å². The van der Waals surface area contributed by atoms with Crippen molar-refractivity contribution >= 4 is 17.5 Å². The second-order valence-corrected chi connectivity index (χ2v) is 10.5. The molecule has 0 bridgehead atoms. The first-order chi connectivity index (χ1) is 18.5. The average Bonchev–Trinajstić information content (AvgIpc) is 3.48. The Bertz CT molecular complexity index is 1570. The summed E-state index contributed by atoms with van der Waals surface area (Å²) >= 11 is 0. The lowest BCUT2D eigenvalue weighted by molar-refractivity contribution is -0.140. The first kappa shape index (κ1) is 22.8. The molecular formula is C33H25NO4. The number of Topliss-reactive ketones (excluding diaryl/α,β-unsaturated/α-hetero) is 2. The van der Waals surface area contributed by atoms with Gasteiger partial charge in [0, 0.05) is 22.6 Å². The zero-order chi connectivity index (χ0) is 26.1. The van der Waals surface area contributed by atoms with Gasteiger partial charge in [-0.1, -0.05) is 115 Å². The zero-order valence-electron chi connectivity index (χ0n) is 20.5. The van der Waals surface area contributed by atoms with Gasteiger partial charge in [-0.05, 0) is 23.1 Å². The van der Waals surface area contributed by atoms with Gasteiger partial charge in [-0.25, -0.2) is 0 Å². The van der Waals surface area contributed by atoms with Crippen molar-refractivity contribution in [2.24, 2.45) is 5.92 Å². The molecule has 0 amide bonds. The van der Waals surface area contributed by atoms with E-state index in [1.165, 1.54) is 0 Å². The number of ketones is 2. The fourth-order valence-electron chi connectivity index (χ4n) is 7.94. The van der Waals surface area contributed by atoms with E-state index in [-0.39, 0.29) is 11.6 Å². The van der Waals surface area contributed by atoms with E-state index in [0.717, 1.165) is 11.1 Å². The predicted octanol–water partition coefficient (Wildman–Crippen LogP) is 4.61. The number of fused-ring (bicyclic) bond motifs is 3. The Hall–Kier alpha value is -4.35. The summed E-state index contributed by atoms with van der Waals surface area (Å²) < 4.78 is 0. The molecule has 1 spiro atoms. The maximum absolute atomic E-state index is 14.5. The summed E-state index contributed by atoms with van der Waals surface area (Å²) in [5.41, 5.74) is -0.891. The second-order valence-electron chi connectivity index (χ2n) is 10.5. The van der Waals surface area contributed by atoms with Gasteiger partial charge >= 0.3 is 5.97 Å². The normalized spacial score (nSPS) is 28.2. The molecule has 4 aromatic rings. The lowest BCUT2D eigenvalue weighted by Crippen LogP contribution is -2.62. The fraction of sp³-hybridized carbons (Fsp3) is 0.182. The highest BCUT2D eigenvalue weighted by atomic mass is 16.4. The molecular weight excluding hydrogens is 474 g/mol. The first-order valence-corrected chi connectivity index (χ1v) is 12.9. The van der Waals surface area contributed by atoms with Gasteiger partial charge in [-0.15, -0.1) is 0 Å². The summed E-state index contributed by atoms with van der Waals surface area (Å²) in [6, 6.07) is 35.1. The van der Waals surface area contributed by atoms with Crippen LogP contribution in [0.25, 0.3) is 0 Å². The number of nitrogens with one attached hydrogen (secondary N) is 1. The quantitative estimate of drug-likeness (QED) is 0.392.